The Morgan fingerprint density at radius 2 is 1.12 bits per heavy atom. The first-order chi connectivity index (χ1) is 11.1. The molecular formula is C20H26O2SSi. The minimum Gasteiger partial charge on any atom is -0.219 e. The van der Waals surface area contributed by atoms with E-state index in [0.29, 0.717) is 9.79 Å². The lowest BCUT2D eigenvalue weighted by Crippen LogP contribution is -2.59. The first kappa shape index (κ1) is 17.4. The third-order valence-electron chi connectivity index (χ3n) is 5.22. The topological polar surface area (TPSA) is 34.1 Å². The monoisotopic (exact) mass is 358 g/mol. The molecule has 2 aromatic rings. The van der Waals surface area contributed by atoms with Gasteiger partial charge in [-0.15, -0.1) is 0 Å². The largest absolute Gasteiger partial charge is 0.219 e. The summed E-state index contributed by atoms with van der Waals surface area (Å²) >= 11 is 0. The summed E-state index contributed by atoms with van der Waals surface area (Å²) in [5.74, 6) is 0.375. The number of hydrogen-bond acceptors (Lipinski definition) is 2. The molecule has 1 aliphatic rings. The van der Waals surface area contributed by atoms with Crippen LogP contribution in [-0.2, 0) is 9.84 Å². The van der Waals surface area contributed by atoms with E-state index in [0.717, 1.165) is 21.5 Å². The molecule has 0 bridgehead atoms. The molecule has 1 heterocycles. The van der Waals surface area contributed by atoms with E-state index in [2.05, 4.69) is 40.8 Å². The zero-order valence-electron chi connectivity index (χ0n) is 15.3. The fraction of sp³-hybridized carbons (Fsp3) is 0.400. The highest BCUT2D eigenvalue weighted by molar-refractivity contribution is 7.92. The van der Waals surface area contributed by atoms with Crippen molar-refractivity contribution in [2.45, 2.75) is 62.4 Å². The molecule has 0 amide bonds. The molecule has 24 heavy (non-hydrogen) atoms. The SMILES string of the molecule is CC(C)c1cccc2c1S(=O)(=O)c1c(C(C)C)cccc1[Si]2(C)C. The van der Waals surface area contributed by atoms with Crippen LogP contribution in [0.15, 0.2) is 46.2 Å². The average molecular weight is 359 g/mol. The minimum atomic E-state index is -3.49. The maximum atomic E-state index is 13.7. The fourth-order valence-electron chi connectivity index (χ4n) is 3.85. The summed E-state index contributed by atoms with van der Waals surface area (Å²) in [6.45, 7) is 12.8. The van der Waals surface area contributed by atoms with Crippen molar-refractivity contribution < 1.29 is 8.42 Å². The number of rotatable bonds is 2. The quantitative estimate of drug-likeness (QED) is 0.763. The summed E-state index contributed by atoms with van der Waals surface area (Å²) in [5, 5.41) is 2.12. The minimum absolute atomic E-state index is 0.187. The summed E-state index contributed by atoms with van der Waals surface area (Å²) in [6.07, 6.45) is 0. The van der Waals surface area contributed by atoms with Crippen LogP contribution in [0.1, 0.15) is 50.7 Å². The fourth-order valence-corrected chi connectivity index (χ4v) is 11.1. The molecule has 2 nitrogen and oxygen atoms in total. The molecule has 0 N–H and O–H groups in total. The molecule has 0 radical (unpaired) electrons. The van der Waals surface area contributed by atoms with Crippen LogP contribution in [0.5, 0.6) is 0 Å². The lowest BCUT2D eigenvalue weighted by molar-refractivity contribution is 0.592. The number of benzene rings is 2. The van der Waals surface area contributed by atoms with E-state index < -0.39 is 17.9 Å². The van der Waals surface area contributed by atoms with Crippen LogP contribution in [0.25, 0.3) is 0 Å². The maximum absolute atomic E-state index is 13.7. The lowest BCUT2D eigenvalue weighted by atomic mass is 10.0. The second kappa shape index (κ2) is 5.56. The molecule has 0 spiro atoms. The van der Waals surface area contributed by atoms with Crippen molar-refractivity contribution >= 4 is 28.3 Å². The first-order valence-electron chi connectivity index (χ1n) is 8.62. The van der Waals surface area contributed by atoms with Crippen LogP contribution in [0.2, 0.25) is 13.1 Å². The van der Waals surface area contributed by atoms with Crippen LogP contribution < -0.4 is 10.4 Å². The molecule has 2 aromatic carbocycles. The van der Waals surface area contributed by atoms with E-state index in [1.807, 2.05) is 36.4 Å². The average Bonchev–Trinajstić information content (AvgIpc) is 2.52. The van der Waals surface area contributed by atoms with Crippen molar-refractivity contribution in [3.05, 3.63) is 47.5 Å². The molecule has 1 aliphatic heterocycles. The zero-order chi connectivity index (χ0) is 17.9. The van der Waals surface area contributed by atoms with E-state index >= 15 is 0 Å². The molecule has 0 aliphatic carbocycles. The summed E-state index contributed by atoms with van der Waals surface area (Å²) in [7, 11) is -5.54. The standard InChI is InChI=1S/C20H26O2SSi/c1-13(2)15-9-7-11-17-19(15)23(21,22)20-16(14(3)4)10-8-12-18(20)24(17,5)6/h7-14H,1-6H3. The summed E-state index contributed by atoms with van der Waals surface area (Å²) in [5.41, 5.74) is 1.91. The Bertz CT molecular complexity index is 842. The van der Waals surface area contributed by atoms with Crippen LogP contribution in [-0.4, -0.2) is 16.5 Å². The van der Waals surface area contributed by atoms with Gasteiger partial charge in [0.25, 0.3) is 0 Å². The molecule has 0 atom stereocenters. The van der Waals surface area contributed by atoms with E-state index in [1.54, 1.807) is 0 Å². The Labute approximate surface area is 146 Å². The van der Waals surface area contributed by atoms with Gasteiger partial charge in [-0.3, -0.25) is 0 Å². The van der Waals surface area contributed by atoms with Gasteiger partial charge in [0, 0.05) is 0 Å². The summed E-state index contributed by atoms with van der Waals surface area (Å²) < 4.78 is 27.3. The number of hydrogen-bond donors (Lipinski definition) is 0. The van der Waals surface area contributed by atoms with Gasteiger partial charge in [0.1, 0.15) is 8.07 Å². The molecule has 0 unspecified atom stereocenters. The van der Waals surface area contributed by atoms with Crippen molar-refractivity contribution in [2.75, 3.05) is 0 Å². The van der Waals surface area contributed by atoms with E-state index in [9.17, 15) is 8.42 Å². The highest BCUT2D eigenvalue weighted by Gasteiger charge is 2.44. The highest BCUT2D eigenvalue weighted by atomic mass is 32.2. The molecule has 4 heteroatoms. The molecule has 0 aromatic heterocycles. The summed E-state index contributed by atoms with van der Waals surface area (Å²) in [6, 6.07) is 12.1. The van der Waals surface area contributed by atoms with Gasteiger partial charge in [-0.2, -0.15) is 0 Å². The normalized spacial score (nSPS) is 17.7. The van der Waals surface area contributed by atoms with Crippen molar-refractivity contribution in [3.63, 3.8) is 0 Å². The smallest absolute Gasteiger partial charge is 0.206 e. The molecule has 128 valence electrons. The van der Waals surface area contributed by atoms with Crippen LogP contribution in [0, 0.1) is 0 Å². The van der Waals surface area contributed by atoms with E-state index in [4.69, 9.17) is 0 Å². The van der Waals surface area contributed by atoms with Gasteiger partial charge in [-0.1, -0.05) is 77.2 Å². The maximum Gasteiger partial charge on any atom is 0.206 e. The zero-order valence-corrected chi connectivity index (χ0v) is 17.2. The van der Waals surface area contributed by atoms with E-state index in [-0.39, 0.29) is 11.8 Å². The van der Waals surface area contributed by atoms with Crippen molar-refractivity contribution in [1.82, 2.24) is 0 Å². The number of sulfone groups is 1. The Kier molecular flexibility index (Phi) is 4.04. The Morgan fingerprint density at radius 1 is 0.750 bits per heavy atom. The van der Waals surface area contributed by atoms with Crippen molar-refractivity contribution in [2.24, 2.45) is 0 Å². The Balaban J connectivity index is 2.51. The van der Waals surface area contributed by atoms with Gasteiger partial charge < -0.3 is 0 Å². The predicted octanol–water partition coefficient (Wildman–Crippen LogP) is 3.90. The number of fused-ring (bicyclic) bond motifs is 2. The van der Waals surface area contributed by atoms with Crippen LogP contribution >= 0.6 is 0 Å². The van der Waals surface area contributed by atoms with Gasteiger partial charge in [0.05, 0.1) is 9.79 Å². The van der Waals surface area contributed by atoms with Crippen LogP contribution in [0.4, 0.5) is 0 Å². The van der Waals surface area contributed by atoms with Gasteiger partial charge in [0.15, 0.2) is 0 Å². The van der Waals surface area contributed by atoms with E-state index in [1.165, 1.54) is 0 Å². The van der Waals surface area contributed by atoms with Crippen molar-refractivity contribution in [3.8, 4) is 0 Å². The first-order valence-corrected chi connectivity index (χ1v) is 13.1. The molecular weight excluding hydrogens is 332 g/mol. The predicted molar refractivity (Wildman–Crippen MR) is 103 cm³/mol. The molecule has 0 fully saturated rings. The van der Waals surface area contributed by atoms with Gasteiger partial charge in [0.2, 0.25) is 9.84 Å². The molecule has 0 saturated heterocycles. The molecule has 0 saturated carbocycles. The molecule has 3 rings (SSSR count). The second-order valence-corrected chi connectivity index (χ2v) is 14.0. The van der Waals surface area contributed by atoms with Crippen molar-refractivity contribution in [1.29, 1.82) is 0 Å². The Hall–Kier alpha value is -1.39. The van der Waals surface area contributed by atoms with Crippen LogP contribution in [0.3, 0.4) is 0 Å². The van der Waals surface area contributed by atoms with Gasteiger partial charge in [-0.05, 0) is 33.3 Å². The summed E-state index contributed by atoms with van der Waals surface area (Å²) in [4.78, 5) is 1.19. The third kappa shape index (κ3) is 2.31. The second-order valence-electron chi connectivity index (χ2n) is 7.89. The highest BCUT2D eigenvalue weighted by Crippen LogP contribution is 2.36. The van der Waals surface area contributed by atoms with Gasteiger partial charge >= 0.3 is 0 Å². The third-order valence-corrected chi connectivity index (χ3v) is 11.1. The Morgan fingerprint density at radius 3 is 1.46 bits per heavy atom. The lowest BCUT2D eigenvalue weighted by Gasteiger charge is -2.36. The van der Waals surface area contributed by atoms with Gasteiger partial charge in [-0.25, -0.2) is 8.42 Å².